The van der Waals surface area contributed by atoms with E-state index in [1.54, 1.807) is 11.3 Å². The van der Waals surface area contributed by atoms with E-state index in [1.165, 1.54) is 30.8 Å². The van der Waals surface area contributed by atoms with Crippen LogP contribution in [0.1, 0.15) is 12.8 Å². The van der Waals surface area contributed by atoms with Crippen molar-refractivity contribution >= 4 is 23.6 Å². The molecule has 3 rings (SSSR count). The number of thiophene rings is 1. The number of piperidine rings is 1. The van der Waals surface area contributed by atoms with Crippen LogP contribution < -0.4 is 0 Å². The summed E-state index contributed by atoms with van der Waals surface area (Å²) in [6, 6.07) is 4.15. The lowest BCUT2D eigenvalue weighted by Gasteiger charge is -2.29. The molecular formula is C13H18N4S2. The minimum Gasteiger partial charge on any atom is -0.306 e. The molecular weight excluding hydrogens is 276 g/mol. The second kappa shape index (κ2) is 5.56. The molecule has 4 nitrogen and oxygen atoms in total. The third kappa shape index (κ3) is 2.80. The Bertz CT molecular complexity index is 576. The fourth-order valence-electron chi connectivity index (χ4n) is 2.58. The summed E-state index contributed by atoms with van der Waals surface area (Å²) in [6.07, 6.45) is 2.49. The monoisotopic (exact) mass is 294 g/mol. The summed E-state index contributed by atoms with van der Waals surface area (Å²) in [7, 11) is 2.19. The maximum absolute atomic E-state index is 5.38. The van der Waals surface area contributed by atoms with Gasteiger partial charge in [-0.05, 0) is 62.6 Å². The van der Waals surface area contributed by atoms with Crippen molar-refractivity contribution in [3.63, 3.8) is 0 Å². The van der Waals surface area contributed by atoms with Crippen LogP contribution in [0.4, 0.5) is 0 Å². The van der Waals surface area contributed by atoms with Crippen LogP contribution in [0.15, 0.2) is 17.5 Å². The van der Waals surface area contributed by atoms with E-state index in [4.69, 9.17) is 12.2 Å². The molecule has 0 amide bonds. The van der Waals surface area contributed by atoms with Gasteiger partial charge in [0.25, 0.3) is 0 Å². The molecule has 1 aliphatic heterocycles. The van der Waals surface area contributed by atoms with Gasteiger partial charge in [-0.3, -0.25) is 9.67 Å². The van der Waals surface area contributed by atoms with Gasteiger partial charge in [-0.15, -0.1) is 11.3 Å². The Kier molecular flexibility index (Phi) is 3.81. The molecule has 2 aromatic rings. The lowest BCUT2D eigenvalue weighted by molar-refractivity contribution is 0.205. The lowest BCUT2D eigenvalue weighted by Crippen LogP contribution is -2.32. The Hall–Kier alpha value is -0.980. The molecule has 0 saturated carbocycles. The summed E-state index contributed by atoms with van der Waals surface area (Å²) in [5.41, 5.74) is 0. The van der Waals surface area contributed by atoms with Crippen LogP contribution in [0.2, 0.25) is 0 Å². The Morgan fingerprint density at radius 1 is 1.47 bits per heavy atom. The first kappa shape index (κ1) is 13.0. The molecule has 0 aromatic carbocycles. The highest BCUT2D eigenvalue weighted by Gasteiger charge is 2.19. The molecule has 0 radical (unpaired) electrons. The first-order valence-electron chi connectivity index (χ1n) is 6.61. The normalized spacial score (nSPS) is 17.9. The number of nitrogens with one attached hydrogen (secondary N) is 1. The molecule has 2 aromatic heterocycles. The van der Waals surface area contributed by atoms with Crippen molar-refractivity contribution < 1.29 is 0 Å². The highest BCUT2D eigenvalue weighted by Crippen LogP contribution is 2.25. The van der Waals surface area contributed by atoms with E-state index in [2.05, 4.69) is 44.2 Å². The zero-order valence-electron chi connectivity index (χ0n) is 11.0. The molecule has 0 bridgehead atoms. The summed E-state index contributed by atoms with van der Waals surface area (Å²) in [5.74, 6) is 1.69. The minimum atomic E-state index is 0.708. The summed E-state index contributed by atoms with van der Waals surface area (Å²) >= 11 is 7.09. The average molecular weight is 294 g/mol. The van der Waals surface area contributed by atoms with Gasteiger partial charge < -0.3 is 4.90 Å². The molecule has 19 heavy (non-hydrogen) atoms. The molecule has 1 saturated heterocycles. The van der Waals surface area contributed by atoms with Gasteiger partial charge in [0, 0.05) is 6.54 Å². The van der Waals surface area contributed by atoms with Gasteiger partial charge in [0.15, 0.2) is 10.6 Å². The molecule has 0 spiro atoms. The van der Waals surface area contributed by atoms with Crippen LogP contribution in [0.5, 0.6) is 0 Å². The third-order valence-electron chi connectivity index (χ3n) is 3.78. The van der Waals surface area contributed by atoms with E-state index < -0.39 is 0 Å². The van der Waals surface area contributed by atoms with Gasteiger partial charge in [0.2, 0.25) is 0 Å². The number of aromatic nitrogens is 3. The quantitative estimate of drug-likeness (QED) is 0.884. The van der Waals surface area contributed by atoms with Crippen LogP contribution >= 0.6 is 23.6 Å². The standard InChI is InChI=1S/C13H18N4S2/c1-16-6-4-10(5-7-16)9-17-12(14-15-13(17)18)11-3-2-8-19-11/h2-3,8,10H,4-7,9H2,1H3,(H,15,18). The number of rotatable bonds is 3. The number of H-pyrrole nitrogens is 1. The largest absolute Gasteiger partial charge is 0.306 e. The highest BCUT2D eigenvalue weighted by molar-refractivity contribution is 7.71. The maximum atomic E-state index is 5.38. The summed E-state index contributed by atoms with van der Waals surface area (Å²) in [4.78, 5) is 3.57. The molecule has 0 atom stereocenters. The van der Waals surface area contributed by atoms with Gasteiger partial charge in [-0.25, -0.2) is 0 Å². The number of nitrogens with zero attached hydrogens (tertiary/aromatic N) is 3. The van der Waals surface area contributed by atoms with Crippen LogP contribution in [0.25, 0.3) is 10.7 Å². The fourth-order valence-corrected chi connectivity index (χ4v) is 3.51. The molecule has 0 unspecified atom stereocenters. The molecule has 1 fully saturated rings. The highest BCUT2D eigenvalue weighted by atomic mass is 32.1. The van der Waals surface area contributed by atoms with Crippen molar-refractivity contribution in [3.8, 4) is 10.7 Å². The van der Waals surface area contributed by atoms with Gasteiger partial charge >= 0.3 is 0 Å². The zero-order chi connectivity index (χ0) is 13.2. The zero-order valence-corrected chi connectivity index (χ0v) is 12.6. The topological polar surface area (TPSA) is 36.9 Å². The van der Waals surface area contributed by atoms with Crippen molar-refractivity contribution in [1.29, 1.82) is 0 Å². The second-order valence-electron chi connectivity index (χ2n) is 5.19. The van der Waals surface area contributed by atoms with Crippen molar-refractivity contribution in [2.45, 2.75) is 19.4 Å². The average Bonchev–Trinajstić information content (AvgIpc) is 3.03. The number of likely N-dealkylation sites (tertiary alicyclic amines) is 1. The summed E-state index contributed by atoms with van der Waals surface area (Å²) < 4.78 is 2.90. The number of hydrogen-bond acceptors (Lipinski definition) is 4. The van der Waals surface area contributed by atoms with E-state index in [0.29, 0.717) is 5.92 Å². The number of hydrogen-bond donors (Lipinski definition) is 1. The Morgan fingerprint density at radius 2 is 2.26 bits per heavy atom. The van der Waals surface area contributed by atoms with Crippen LogP contribution in [0.3, 0.4) is 0 Å². The minimum absolute atomic E-state index is 0.708. The van der Waals surface area contributed by atoms with Crippen LogP contribution in [0, 0.1) is 10.7 Å². The summed E-state index contributed by atoms with van der Waals surface area (Å²) in [5, 5.41) is 9.40. The van der Waals surface area contributed by atoms with Crippen molar-refractivity contribution in [3.05, 3.63) is 22.3 Å². The molecule has 3 heterocycles. The fraction of sp³-hybridized carbons (Fsp3) is 0.538. The molecule has 6 heteroatoms. The number of aromatic amines is 1. The van der Waals surface area contributed by atoms with Crippen molar-refractivity contribution in [1.82, 2.24) is 19.7 Å². The van der Waals surface area contributed by atoms with E-state index in [0.717, 1.165) is 17.1 Å². The Balaban J connectivity index is 1.81. The molecule has 0 aliphatic carbocycles. The SMILES string of the molecule is CN1CCC(Cn2c(-c3cccs3)n[nH]c2=S)CC1. The van der Waals surface area contributed by atoms with Crippen LogP contribution in [-0.2, 0) is 6.54 Å². The third-order valence-corrected chi connectivity index (χ3v) is 4.96. The van der Waals surface area contributed by atoms with Gasteiger partial charge in [0.05, 0.1) is 4.88 Å². The van der Waals surface area contributed by atoms with E-state index in [-0.39, 0.29) is 0 Å². The Labute approximate surface area is 122 Å². The predicted molar refractivity (Wildman–Crippen MR) is 80.9 cm³/mol. The predicted octanol–water partition coefficient (Wildman–Crippen LogP) is 3.01. The Morgan fingerprint density at radius 3 is 2.95 bits per heavy atom. The van der Waals surface area contributed by atoms with Gasteiger partial charge in [-0.2, -0.15) is 5.10 Å². The van der Waals surface area contributed by atoms with Crippen molar-refractivity contribution in [2.24, 2.45) is 5.92 Å². The second-order valence-corrected chi connectivity index (χ2v) is 6.52. The molecule has 102 valence electrons. The van der Waals surface area contributed by atoms with Gasteiger partial charge in [-0.1, -0.05) is 6.07 Å². The maximum Gasteiger partial charge on any atom is 0.195 e. The smallest absolute Gasteiger partial charge is 0.195 e. The lowest BCUT2D eigenvalue weighted by atomic mass is 9.97. The summed E-state index contributed by atoms with van der Waals surface area (Å²) in [6.45, 7) is 3.35. The van der Waals surface area contributed by atoms with E-state index in [9.17, 15) is 0 Å². The van der Waals surface area contributed by atoms with Crippen molar-refractivity contribution in [2.75, 3.05) is 20.1 Å². The van der Waals surface area contributed by atoms with E-state index in [1.807, 2.05) is 0 Å². The molecule has 1 aliphatic rings. The first-order valence-corrected chi connectivity index (χ1v) is 7.90. The molecule has 1 N–H and O–H groups in total. The first-order chi connectivity index (χ1) is 9.24. The van der Waals surface area contributed by atoms with E-state index >= 15 is 0 Å². The van der Waals surface area contributed by atoms with Crippen LogP contribution in [-0.4, -0.2) is 39.8 Å². The van der Waals surface area contributed by atoms with Gasteiger partial charge in [0.1, 0.15) is 0 Å².